The van der Waals surface area contributed by atoms with E-state index < -0.39 is 17.5 Å². The number of rotatable bonds is 5. The molecular formula is C23H25N3O6. The summed E-state index contributed by atoms with van der Waals surface area (Å²) in [5.74, 6) is 0.438. The molecule has 32 heavy (non-hydrogen) atoms. The zero-order chi connectivity index (χ0) is 22.6. The topological polar surface area (TPSA) is 103 Å². The molecule has 0 saturated carbocycles. The number of carbonyl (C=O) groups is 1. The molecule has 0 radical (unpaired) electrons. The molecule has 168 valence electrons. The first-order valence-electron chi connectivity index (χ1n) is 10.6. The molecule has 2 saturated heterocycles. The maximum atomic E-state index is 13.5. The molecule has 1 amide bonds. The van der Waals surface area contributed by atoms with Gasteiger partial charge in [-0.05, 0) is 36.6 Å². The fourth-order valence-corrected chi connectivity index (χ4v) is 6.07. The van der Waals surface area contributed by atoms with Crippen LogP contribution in [0.1, 0.15) is 29.9 Å². The fraction of sp³-hybridized carbons (Fsp3) is 0.435. The SMILES string of the molecule is COc1cc([C@H]2[C@@H]3CCCN3[C@]3(C(=O)Nc4ccccc43)[C@@H]2[N+](=O)[O-])cc(OC)c1OC. The lowest BCUT2D eigenvalue weighted by Crippen LogP contribution is -2.55. The number of ether oxygens (including phenoxy) is 3. The summed E-state index contributed by atoms with van der Waals surface area (Å²) in [7, 11) is 4.55. The predicted octanol–water partition coefficient (Wildman–Crippen LogP) is 2.77. The van der Waals surface area contributed by atoms with Gasteiger partial charge in [0.05, 0.1) is 27.2 Å². The summed E-state index contributed by atoms with van der Waals surface area (Å²) in [5.41, 5.74) is 0.660. The minimum atomic E-state index is -1.35. The third-order valence-electron chi connectivity index (χ3n) is 7.17. The highest BCUT2D eigenvalue weighted by molar-refractivity contribution is 6.07. The molecule has 1 spiro atoms. The Kier molecular flexibility index (Phi) is 4.74. The number of para-hydroxylation sites is 1. The predicted molar refractivity (Wildman–Crippen MR) is 116 cm³/mol. The summed E-state index contributed by atoms with van der Waals surface area (Å²) < 4.78 is 16.5. The standard InChI is InChI=1S/C23H25N3O6/c1-30-17-11-13(12-18(31-2)20(17)32-3)19-16-9-6-10-25(16)23(21(19)26(28)29)14-7-4-5-8-15(14)24-22(23)27/h4-5,7-8,11-12,16,19,21H,6,9-10H2,1-3H3,(H,24,27)/t16-,19-,21+,23-/m0/s1. The Labute approximate surface area is 185 Å². The number of fused-ring (bicyclic) bond motifs is 4. The fourth-order valence-electron chi connectivity index (χ4n) is 6.07. The van der Waals surface area contributed by atoms with Gasteiger partial charge in [-0.2, -0.15) is 0 Å². The van der Waals surface area contributed by atoms with Crippen molar-refractivity contribution >= 4 is 11.6 Å². The number of amides is 1. The lowest BCUT2D eigenvalue weighted by atomic mass is 9.77. The van der Waals surface area contributed by atoms with E-state index in [0.29, 0.717) is 40.6 Å². The maximum absolute atomic E-state index is 13.5. The monoisotopic (exact) mass is 439 g/mol. The van der Waals surface area contributed by atoms with Gasteiger partial charge in [-0.3, -0.25) is 19.8 Å². The van der Waals surface area contributed by atoms with Gasteiger partial charge in [0, 0.05) is 28.8 Å². The number of hydrogen-bond acceptors (Lipinski definition) is 7. The largest absolute Gasteiger partial charge is 0.493 e. The van der Waals surface area contributed by atoms with E-state index in [-0.39, 0.29) is 16.9 Å². The van der Waals surface area contributed by atoms with Crippen molar-refractivity contribution in [1.82, 2.24) is 4.90 Å². The van der Waals surface area contributed by atoms with Crippen LogP contribution in [-0.2, 0) is 10.3 Å². The number of benzene rings is 2. The molecule has 2 fully saturated rings. The first kappa shape index (κ1) is 20.6. The third kappa shape index (κ3) is 2.51. The summed E-state index contributed by atoms with van der Waals surface area (Å²) in [6.07, 6.45) is 1.64. The molecule has 9 nitrogen and oxygen atoms in total. The van der Waals surface area contributed by atoms with Crippen LogP contribution in [0, 0.1) is 10.1 Å². The smallest absolute Gasteiger partial charge is 0.256 e. The number of anilines is 1. The summed E-state index contributed by atoms with van der Waals surface area (Å²) in [6.45, 7) is 0.623. The third-order valence-corrected chi connectivity index (χ3v) is 7.17. The van der Waals surface area contributed by atoms with Crippen molar-refractivity contribution in [2.24, 2.45) is 0 Å². The van der Waals surface area contributed by atoms with Gasteiger partial charge in [-0.15, -0.1) is 0 Å². The average Bonchev–Trinajstić information content (AvgIpc) is 3.46. The molecule has 0 aromatic heterocycles. The van der Waals surface area contributed by atoms with E-state index in [1.807, 2.05) is 18.2 Å². The van der Waals surface area contributed by atoms with Gasteiger partial charge < -0.3 is 19.5 Å². The number of carbonyl (C=O) groups excluding carboxylic acids is 1. The van der Waals surface area contributed by atoms with Crippen molar-refractivity contribution in [3.05, 3.63) is 57.6 Å². The van der Waals surface area contributed by atoms with Gasteiger partial charge in [-0.1, -0.05) is 18.2 Å². The highest BCUT2D eigenvalue weighted by Crippen LogP contribution is 2.58. The Bertz CT molecular complexity index is 1080. The summed E-state index contributed by atoms with van der Waals surface area (Å²) in [4.78, 5) is 28.0. The second-order valence-electron chi connectivity index (χ2n) is 8.38. The van der Waals surface area contributed by atoms with Crippen LogP contribution in [0.2, 0.25) is 0 Å². The zero-order valence-electron chi connectivity index (χ0n) is 18.2. The average molecular weight is 439 g/mol. The molecule has 0 unspecified atom stereocenters. The van der Waals surface area contributed by atoms with E-state index in [1.54, 1.807) is 18.2 Å². The Balaban J connectivity index is 1.75. The molecule has 3 aliphatic rings. The van der Waals surface area contributed by atoms with Crippen LogP contribution >= 0.6 is 0 Å². The van der Waals surface area contributed by atoms with Crippen molar-refractivity contribution in [3.63, 3.8) is 0 Å². The van der Waals surface area contributed by atoms with Crippen molar-refractivity contribution in [3.8, 4) is 17.2 Å². The van der Waals surface area contributed by atoms with Gasteiger partial charge in [0.1, 0.15) is 0 Å². The minimum absolute atomic E-state index is 0.162. The van der Waals surface area contributed by atoms with Gasteiger partial charge in [0.15, 0.2) is 17.0 Å². The minimum Gasteiger partial charge on any atom is -0.493 e. The van der Waals surface area contributed by atoms with Gasteiger partial charge in [0.2, 0.25) is 5.75 Å². The van der Waals surface area contributed by atoms with Crippen LogP contribution in [0.5, 0.6) is 17.2 Å². The van der Waals surface area contributed by atoms with E-state index in [1.165, 1.54) is 21.3 Å². The summed E-state index contributed by atoms with van der Waals surface area (Å²) in [5, 5.41) is 15.6. The van der Waals surface area contributed by atoms with E-state index in [0.717, 1.165) is 12.8 Å². The molecule has 2 aromatic carbocycles. The van der Waals surface area contributed by atoms with Gasteiger partial charge in [-0.25, -0.2) is 0 Å². The maximum Gasteiger partial charge on any atom is 0.256 e. The molecule has 5 rings (SSSR count). The van der Waals surface area contributed by atoms with E-state index in [2.05, 4.69) is 10.2 Å². The van der Waals surface area contributed by atoms with Crippen LogP contribution in [0.25, 0.3) is 0 Å². The molecular weight excluding hydrogens is 414 g/mol. The number of methoxy groups -OCH3 is 3. The van der Waals surface area contributed by atoms with Crippen molar-refractivity contribution < 1.29 is 23.9 Å². The first-order chi connectivity index (χ1) is 15.5. The first-order valence-corrected chi connectivity index (χ1v) is 10.6. The molecule has 3 aliphatic heterocycles. The number of nitrogens with zero attached hydrogens (tertiary/aromatic N) is 2. The van der Waals surface area contributed by atoms with Crippen LogP contribution in [0.4, 0.5) is 5.69 Å². The molecule has 2 aromatic rings. The number of nitro groups is 1. The molecule has 9 heteroatoms. The van der Waals surface area contributed by atoms with E-state index in [4.69, 9.17) is 14.2 Å². The zero-order valence-corrected chi connectivity index (χ0v) is 18.2. The van der Waals surface area contributed by atoms with Crippen LogP contribution in [-0.4, -0.2) is 55.7 Å². The Morgan fingerprint density at radius 3 is 2.44 bits per heavy atom. The van der Waals surface area contributed by atoms with Crippen molar-refractivity contribution in [2.45, 2.75) is 36.4 Å². The van der Waals surface area contributed by atoms with E-state index >= 15 is 0 Å². The number of nitrogens with one attached hydrogen (secondary N) is 1. The highest BCUT2D eigenvalue weighted by atomic mass is 16.6. The Morgan fingerprint density at radius 1 is 1.12 bits per heavy atom. The molecule has 1 N–H and O–H groups in total. The van der Waals surface area contributed by atoms with Crippen LogP contribution in [0.15, 0.2) is 36.4 Å². The Hall–Kier alpha value is -3.33. The lowest BCUT2D eigenvalue weighted by molar-refractivity contribution is -0.534. The number of hydrogen-bond donors (Lipinski definition) is 1. The molecule has 0 aliphatic carbocycles. The highest BCUT2D eigenvalue weighted by Gasteiger charge is 2.73. The van der Waals surface area contributed by atoms with Crippen LogP contribution in [0.3, 0.4) is 0 Å². The van der Waals surface area contributed by atoms with Gasteiger partial charge in [0.25, 0.3) is 11.9 Å². The quantitative estimate of drug-likeness (QED) is 0.564. The van der Waals surface area contributed by atoms with Crippen molar-refractivity contribution in [2.75, 3.05) is 33.2 Å². The summed E-state index contributed by atoms with van der Waals surface area (Å²) in [6, 6.07) is 9.51. The lowest BCUT2D eigenvalue weighted by Gasteiger charge is -2.32. The van der Waals surface area contributed by atoms with E-state index in [9.17, 15) is 14.9 Å². The second-order valence-corrected chi connectivity index (χ2v) is 8.38. The Morgan fingerprint density at radius 2 is 1.81 bits per heavy atom. The molecule has 0 bridgehead atoms. The molecule has 3 heterocycles. The summed E-state index contributed by atoms with van der Waals surface area (Å²) >= 11 is 0. The second kappa shape index (κ2) is 7.37. The van der Waals surface area contributed by atoms with Crippen molar-refractivity contribution in [1.29, 1.82) is 0 Å². The molecule has 4 atom stereocenters. The van der Waals surface area contributed by atoms with Crippen LogP contribution < -0.4 is 19.5 Å². The normalized spacial score (nSPS) is 28.3. The van der Waals surface area contributed by atoms with Gasteiger partial charge >= 0.3 is 0 Å².